The van der Waals surface area contributed by atoms with E-state index in [1.54, 1.807) is 18.3 Å². The SMILES string of the molecule is NNC(c1cnc2ccccc2c1)c1ccc(Br)cc1F. The topological polar surface area (TPSA) is 50.9 Å². The van der Waals surface area contributed by atoms with Crippen LogP contribution in [-0.4, -0.2) is 4.98 Å². The molecule has 0 saturated heterocycles. The number of pyridine rings is 1. The zero-order valence-electron chi connectivity index (χ0n) is 11.1. The second-order valence-corrected chi connectivity index (χ2v) is 5.64. The quantitative estimate of drug-likeness (QED) is 0.562. The lowest BCUT2D eigenvalue weighted by Crippen LogP contribution is -2.29. The molecule has 3 aromatic rings. The van der Waals surface area contributed by atoms with Crippen LogP contribution < -0.4 is 11.3 Å². The normalized spacial score (nSPS) is 12.5. The first-order valence-corrected chi connectivity index (χ1v) is 7.24. The minimum atomic E-state index is -0.449. The summed E-state index contributed by atoms with van der Waals surface area (Å²) in [6, 6.07) is 14.2. The highest BCUT2D eigenvalue weighted by atomic mass is 79.9. The molecule has 5 heteroatoms. The van der Waals surface area contributed by atoms with Crippen LogP contribution in [0.1, 0.15) is 17.2 Å². The summed E-state index contributed by atoms with van der Waals surface area (Å²) in [6.45, 7) is 0. The number of rotatable bonds is 3. The fourth-order valence-electron chi connectivity index (χ4n) is 2.35. The monoisotopic (exact) mass is 345 g/mol. The Bertz CT molecular complexity index is 791. The van der Waals surface area contributed by atoms with Crippen molar-refractivity contribution < 1.29 is 4.39 Å². The maximum atomic E-state index is 14.1. The molecule has 3 N–H and O–H groups in total. The van der Waals surface area contributed by atoms with Crippen LogP contribution in [0.2, 0.25) is 0 Å². The second kappa shape index (κ2) is 5.89. The van der Waals surface area contributed by atoms with E-state index in [4.69, 9.17) is 5.84 Å². The molecule has 1 unspecified atom stereocenters. The van der Waals surface area contributed by atoms with Gasteiger partial charge in [0.2, 0.25) is 0 Å². The highest BCUT2D eigenvalue weighted by Crippen LogP contribution is 2.27. The van der Waals surface area contributed by atoms with Crippen LogP contribution in [0.4, 0.5) is 4.39 Å². The predicted molar refractivity (Wildman–Crippen MR) is 85.0 cm³/mol. The third kappa shape index (κ3) is 2.81. The van der Waals surface area contributed by atoms with Crippen LogP contribution in [0.3, 0.4) is 0 Å². The largest absolute Gasteiger partial charge is 0.271 e. The molecule has 0 fully saturated rings. The number of benzene rings is 2. The average Bonchev–Trinajstić information content (AvgIpc) is 2.50. The second-order valence-electron chi connectivity index (χ2n) is 4.73. The fourth-order valence-corrected chi connectivity index (χ4v) is 2.68. The number of hydrogen-bond donors (Lipinski definition) is 2. The highest BCUT2D eigenvalue weighted by Gasteiger charge is 2.17. The summed E-state index contributed by atoms with van der Waals surface area (Å²) in [6.07, 6.45) is 1.72. The van der Waals surface area contributed by atoms with E-state index in [-0.39, 0.29) is 5.82 Å². The zero-order chi connectivity index (χ0) is 14.8. The van der Waals surface area contributed by atoms with E-state index in [0.717, 1.165) is 16.5 Å². The summed E-state index contributed by atoms with van der Waals surface area (Å²) >= 11 is 3.25. The number of hydrazine groups is 1. The maximum absolute atomic E-state index is 14.1. The van der Waals surface area contributed by atoms with Crippen molar-refractivity contribution in [1.29, 1.82) is 0 Å². The van der Waals surface area contributed by atoms with Gasteiger partial charge in [0.05, 0.1) is 11.6 Å². The van der Waals surface area contributed by atoms with Crippen LogP contribution in [0.25, 0.3) is 10.9 Å². The van der Waals surface area contributed by atoms with Gasteiger partial charge in [-0.1, -0.05) is 40.2 Å². The standard InChI is InChI=1S/C16H13BrFN3/c17-12-5-6-13(14(18)8-12)16(21-19)11-7-10-3-1-2-4-15(10)20-9-11/h1-9,16,21H,19H2. The van der Waals surface area contributed by atoms with Gasteiger partial charge in [-0.2, -0.15) is 0 Å². The van der Waals surface area contributed by atoms with Gasteiger partial charge in [-0.05, 0) is 29.8 Å². The molecule has 2 aromatic carbocycles. The first-order chi connectivity index (χ1) is 10.2. The number of para-hydroxylation sites is 1. The van der Waals surface area contributed by atoms with E-state index in [1.165, 1.54) is 6.07 Å². The summed E-state index contributed by atoms with van der Waals surface area (Å²) in [5.41, 5.74) is 4.86. The van der Waals surface area contributed by atoms with Gasteiger partial charge in [-0.25, -0.2) is 9.82 Å². The average molecular weight is 346 g/mol. The number of nitrogens with two attached hydrogens (primary N) is 1. The predicted octanol–water partition coefficient (Wildman–Crippen LogP) is 3.69. The van der Waals surface area contributed by atoms with Gasteiger partial charge in [-0.15, -0.1) is 0 Å². The van der Waals surface area contributed by atoms with Crippen molar-refractivity contribution in [3.63, 3.8) is 0 Å². The Morgan fingerprint density at radius 3 is 2.71 bits per heavy atom. The Labute approximate surface area is 130 Å². The Balaban J connectivity index is 2.09. The van der Waals surface area contributed by atoms with Crippen molar-refractivity contribution in [2.24, 2.45) is 5.84 Å². The first kappa shape index (κ1) is 14.1. The van der Waals surface area contributed by atoms with Gasteiger partial charge in [0.1, 0.15) is 5.82 Å². The zero-order valence-corrected chi connectivity index (χ0v) is 12.6. The Hall–Kier alpha value is -1.82. The van der Waals surface area contributed by atoms with Crippen molar-refractivity contribution in [2.45, 2.75) is 6.04 Å². The molecule has 0 aliphatic carbocycles. The number of aromatic nitrogens is 1. The number of fused-ring (bicyclic) bond motifs is 1. The smallest absolute Gasteiger partial charge is 0.129 e. The van der Waals surface area contributed by atoms with Crippen molar-refractivity contribution in [1.82, 2.24) is 10.4 Å². The third-order valence-electron chi connectivity index (χ3n) is 3.39. The molecule has 106 valence electrons. The molecule has 0 aliphatic rings. The molecule has 1 atom stereocenters. The number of hydrogen-bond acceptors (Lipinski definition) is 3. The van der Waals surface area contributed by atoms with Crippen LogP contribution in [0.5, 0.6) is 0 Å². The van der Waals surface area contributed by atoms with Crippen LogP contribution in [0.15, 0.2) is 59.2 Å². The van der Waals surface area contributed by atoms with Crippen LogP contribution >= 0.6 is 15.9 Å². The number of nitrogens with zero attached hydrogens (tertiary/aromatic N) is 1. The van der Waals surface area contributed by atoms with Gasteiger partial charge in [0, 0.05) is 21.6 Å². The molecule has 3 nitrogen and oxygen atoms in total. The number of halogens is 2. The van der Waals surface area contributed by atoms with Crippen LogP contribution in [-0.2, 0) is 0 Å². The molecule has 21 heavy (non-hydrogen) atoms. The van der Waals surface area contributed by atoms with Gasteiger partial charge in [0.25, 0.3) is 0 Å². The molecule has 0 spiro atoms. The van der Waals surface area contributed by atoms with E-state index in [2.05, 4.69) is 26.3 Å². The molecule has 0 amide bonds. The minimum absolute atomic E-state index is 0.319. The summed E-state index contributed by atoms with van der Waals surface area (Å²) in [5, 5.41) is 0.993. The van der Waals surface area contributed by atoms with Gasteiger partial charge < -0.3 is 0 Å². The van der Waals surface area contributed by atoms with Crippen LogP contribution in [0, 0.1) is 5.82 Å². The van der Waals surface area contributed by atoms with Crippen molar-refractivity contribution in [3.05, 3.63) is 76.1 Å². The minimum Gasteiger partial charge on any atom is -0.271 e. The van der Waals surface area contributed by atoms with E-state index >= 15 is 0 Å². The number of nitrogens with one attached hydrogen (secondary N) is 1. The molecule has 1 heterocycles. The summed E-state index contributed by atoms with van der Waals surface area (Å²) in [4.78, 5) is 4.40. The lowest BCUT2D eigenvalue weighted by atomic mass is 9.99. The summed E-state index contributed by atoms with van der Waals surface area (Å²) in [7, 11) is 0. The molecule has 0 saturated carbocycles. The maximum Gasteiger partial charge on any atom is 0.129 e. The van der Waals surface area contributed by atoms with Crippen molar-refractivity contribution in [3.8, 4) is 0 Å². The van der Waals surface area contributed by atoms with Crippen molar-refractivity contribution in [2.75, 3.05) is 0 Å². The molecule has 3 rings (SSSR count). The lowest BCUT2D eigenvalue weighted by Gasteiger charge is -2.18. The Kier molecular flexibility index (Phi) is 3.96. The molecule has 0 bridgehead atoms. The molecular formula is C16H13BrFN3. The molecule has 1 aromatic heterocycles. The van der Waals surface area contributed by atoms with E-state index < -0.39 is 6.04 Å². The van der Waals surface area contributed by atoms with E-state index in [9.17, 15) is 4.39 Å². The van der Waals surface area contributed by atoms with Gasteiger partial charge in [0.15, 0.2) is 0 Å². The molecular weight excluding hydrogens is 333 g/mol. The Morgan fingerprint density at radius 1 is 1.14 bits per heavy atom. The highest BCUT2D eigenvalue weighted by molar-refractivity contribution is 9.10. The molecule has 0 radical (unpaired) electrons. The van der Waals surface area contributed by atoms with Crippen molar-refractivity contribution >= 4 is 26.8 Å². The third-order valence-corrected chi connectivity index (χ3v) is 3.88. The van der Waals surface area contributed by atoms with Gasteiger partial charge in [-0.3, -0.25) is 10.8 Å². The Morgan fingerprint density at radius 2 is 1.95 bits per heavy atom. The summed E-state index contributed by atoms with van der Waals surface area (Å²) in [5.74, 6) is 5.31. The summed E-state index contributed by atoms with van der Waals surface area (Å²) < 4.78 is 14.8. The van der Waals surface area contributed by atoms with E-state index in [1.807, 2.05) is 30.3 Å². The fraction of sp³-hybridized carbons (Fsp3) is 0.0625. The van der Waals surface area contributed by atoms with E-state index in [0.29, 0.717) is 10.0 Å². The first-order valence-electron chi connectivity index (χ1n) is 6.45. The lowest BCUT2D eigenvalue weighted by molar-refractivity contribution is 0.559. The van der Waals surface area contributed by atoms with Gasteiger partial charge >= 0.3 is 0 Å². The molecule has 0 aliphatic heterocycles.